The smallest absolute Gasteiger partial charge is 0.00773 e. The largest absolute Gasteiger partial charge is 0.330 e. The van der Waals surface area contributed by atoms with Gasteiger partial charge in [-0.25, -0.2) is 0 Å². The molecule has 1 nitrogen and oxygen atoms in total. The Bertz CT molecular complexity index is 169. The number of unbranched alkanes of at least 4 members (excludes halogenated alkanes) is 11. The molecule has 0 amide bonds. The lowest BCUT2D eigenvalue weighted by atomic mass is 10.1. The Morgan fingerprint density at radius 1 is 0.632 bits per heavy atom. The first-order valence-electron chi connectivity index (χ1n) is 8.27. The van der Waals surface area contributed by atoms with E-state index in [1.807, 2.05) is 0 Å². The molecule has 0 aliphatic rings. The van der Waals surface area contributed by atoms with E-state index >= 15 is 0 Å². The fraction of sp³-hybridized carbons (Fsp3) is 0.882. The SMILES string of the molecule is CCCCC/C=C/CCCCCCCCCCN.F. The van der Waals surface area contributed by atoms with Gasteiger partial charge >= 0.3 is 0 Å². The molecule has 0 aromatic heterocycles. The summed E-state index contributed by atoms with van der Waals surface area (Å²) in [5.41, 5.74) is 5.47. The molecule has 0 atom stereocenters. The molecule has 116 valence electrons. The maximum Gasteiger partial charge on any atom is -0.00773 e. The standard InChI is InChI=1S/C17H35N.FH/c1-2-3-4-5-6-7-8-9-10-11-12-13-14-15-16-17-18;/h6-7H,2-5,8-18H2,1H3;1H/b7-6+;. The van der Waals surface area contributed by atoms with Crippen LogP contribution in [0.3, 0.4) is 0 Å². The van der Waals surface area contributed by atoms with Gasteiger partial charge in [0.2, 0.25) is 0 Å². The predicted molar refractivity (Wildman–Crippen MR) is 86.4 cm³/mol. The van der Waals surface area contributed by atoms with Crippen molar-refractivity contribution in [3.05, 3.63) is 12.2 Å². The summed E-state index contributed by atoms with van der Waals surface area (Å²) < 4.78 is 0. The zero-order chi connectivity index (χ0) is 13.3. The van der Waals surface area contributed by atoms with Crippen LogP contribution in [0.2, 0.25) is 0 Å². The van der Waals surface area contributed by atoms with Crippen LogP contribution >= 0.6 is 0 Å². The van der Waals surface area contributed by atoms with Gasteiger partial charge in [0, 0.05) is 0 Å². The Hall–Kier alpha value is -0.370. The topological polar surface area (TPSA) is 26.0 Å². The van der Waals surface area contributed by atoms with Crippen LogP contribution in [-0.2, 0) is 0 Å². The fourth-order valence-corrected chi connectivity index (χ4v) is 2.22. The Labute approximate surface area is 120 Å². The number of nitrogens with two attached hydrogens (primary N) is 1. The van der Waals surface area contributed by atoms with E-state index in [1.54, 1.807) is 0 Å². The molecule has 0 spiro atoms. The molecule has 0 saturated heterocycles. The number of rotatable bonds is 14. The van der Waals surface area contributed by atoms with E-state index in [9.17, 15) is 0 Å². The summed E-state index contributed by atoms with van der Waals surface area (Å²) in [4.78, 5) is 0. The third kappa shape index (κ3) is 20.1. The summed E-state index contributed by atoms with van der Waals surface area (Å²) in [6.07, 6.45) is 22.4. The zero-order valence-electron chi connectivity index (χ0n) is 13.0. The van der Waals surface area contributed by atoms with E-state index in [2.05, 4.69) is 19.1 Å². The van der Waals surface area contributed by atoms with Gasteiger partial charge < -0.3 is 5.73 Å². The molecule has 2 heteroatoms. The molecule has 0 rings (SSSR count). The van der Waals surface area contributed by atoms with E-state index < -0.39 is 0 Å². The zero-order valence-corrected chi connectivity index (χ0v) is 13.0. The van der Waals surface area contributed by atoms with E-state index in [-0.39, 0.29) is 4.70 Å². The number of hydrogen-bond donors (Lipinski definition) is 1. The van der Waals surface area contributed by atoms with Crippen LogP contribution in [0.5, 0.6) is 0 Å². The Morgan fingerprint density at radius 3 is 1.53 bits per heavy atom. The maximum absolute atomic E-state index is 5.47. The van der Waals surface area contributed by atoms with Crippen LogP contribution in [0.4, 0.5) is 4.70 Å². The van der Waals surface area contributed by atoms with E-state index in [0.717, 1.165) is 6.54 Å². The molecule has 0 aliphatic heterocycles. The molecule has 0 fully saturated rings. The molecule has 0 unspecified atom stereocenters. The van der Waals surface area contributed by atoms with Crippen LogP contribution in [0.25, 0.3) is 0 Å². The van der Waals surface area contributed by atoms with Crippen LogP contribution in [0.1, 0.15) is 90.4 Å². The lowest BCUT2D eigenvalue weighted by Crippen LogP contribution is -1.97. The highest BCUT2D eigenvalue weighted by Gasteiger charge is 1.91. The summed E-state index contributed by atoms with van der Waals surface area (Å²) in [5.74, 6) is 0. The molecule has 19 heavy (non-hydrogen) atoms. The lowest BCUT2D eigenvalue weighted by molar-refractivity contribution is 0.571. The van der Waals surface area contributed by atoms with Crippen molar-refractivity contribution in [2.24, 2.45) is 5.73 Å². The van der Waals surface area contributed by atoms with Gasteiger partial charge in [-0.1, -0.05) is 70.4 Å². The van der Waals surface area contributed by atoms with Crippen LogP contribution in [-0.4, -0.2) is 6.54 Å². The first-order chi connectivity index (χ1) is 8.91. The maximum atomic E-state index is 5.47. The third-order valence-corrected chi connectivity index (χ3v) is 3.47. The summed E-state index contributed by atoms with van der Waals surface area (Å²) in [6, 6.07) is 0. The second-order valence-corrected chi connectivity index (χ2v) is 5.37. The number of allylic oxidation sites excluding steroid dienone is 2. The van der Waals surface area contributed by atoms with Gasteiger partial charge in [0.1, 0.15) is 0 Å². The average molecular weight is 273 g/mol. The monoisotopic (exact) mass is 273 g/mol. The summed E-state index contributed by atoms with van der Waals surface area (Å²) in [6.45, 7) is 3.13. The van der Waals surface area contributed by atoms with Gasteiger partial charge in [0.15, 0.2) is 0 Å². The van der Waals surface area contributed by atoms with Gasteiger partial charge in [0.25, 0.3) is 0 Å². The van der Waals surface area contributed by atoms with Crippen LogP contribution < -0.4 is 5.73 Å². The molecular formula is C17H36FN. The number of hydrogen-bond acceptors (Lipinski definition) is 1. The van der Waals surface area contributed by atoms with E-state index in [1.165, 1.54) is 83.5 Å². The normalized spacial score (nSPS) is 10.8. The minimum absolute atomic E-state index is 0. The van der Waals surface area contributed by atoms with Gasteiger partial charge in [0.05, 0.1) is 0 Å². The summed E-state index contributed by atoms with van der Waals surface area (Å²) in [5, 5.41) is 0. The predicted octanol–water partition coefficient (Wildman–Crippen LogP) is 5.75. The van der Waals surface area contributed by atoms with E-state index in [0.29, 0.717) is 0 Å². The highest BCUT2D eigenvalue weighted by atomic mass is 19.0. The van der Waals surface area contributed by atoms with Gasteiger partial charge in [-0.2, -0.15) is 0 Å². The van der Waals surface area contributed by atoms with Gasteiger partial charge in [-0.15, -0.1) is 0 Å². The molecule has 0 bridgehead atoms. The second kappa shape index (κ2) is 20.0. The lowest BCUT2D eigenvalue weighted by Gasteiger charge is -2.00. The molecule has 0 aromatic carbocycles. The quantitative estimate of drug-likeness (QED) is 0.317. The van der Waals surface area contributed by atoms with Gasteiger partial charge in [-0.05, 0) is 38.6 Å². The summed E-state index contributed by atoms with van der Waals surface area (Å²) in [7, 11) is 0. The van der Waals surface area contributed by atoms with E-state index in [4.69, 9.17) is 5.73 Å². The van der Waals surface area contributed by atoms with Crippen LogP contribution in [0.15, 0.2) is 12.2 Å². The van der Waals surface area contributed by atoms with Gasteiger partial charge in [-0.3, -0.25) is 4.70 Å². The second-order valence-electron chi connectivity index (χ2n) is 5.37. The highest BCUT2D eigenvalue weighted by Crippen LogP contribution is 2.10. The molecule has 0 heterocycles. The third-order valence-electron chi connectivity index (χ3n) is 3.47. The fourth-order valence-electron chi connectivity index (χ4n) is 2.22. The van der Waals surface area contributed by atoms with Crippen molar-refractivity contribution in [2.45, 2.75) is 90.4 Å². The highest BCUT2D eigenvalue weighted by molar-refractivity contribution is 4.81. The molecule has 0 radical (unpaired) electrons. The van der Waals surface area contributed by atoms with Crippen molar-refractivity contribution >= 4 is 0 Å². The Balaban J connectivity index is 0. The van der Waals surface area contributed by atoms with Crippen molar-refractivity contribution in [3.63, 3.8) is 0 Å². The van der Waals surface area contributed by atoms with Crippen molar-refractivity contribution < 1.29 is 4.70 Å². The Kier molecular flexibility index (Phi) is 22.0. The van der Waals surface area contributed by atoms with Crippen molar-refractivity contribution in [2.75, 3.05) is 6.54 Å². The number of halogens is 1. The van der Waals surface area contributed by atoms with Crippen molar-refractivity contribution in [1.29, 1.82) is 0 Å². The molecule has 0 saturated carbocycles. The van der Waals surface area contributed by atoms with Crippen molar-refractivity contribution in [1.82, 2.24) is 0 Å². The minimum atomic E-state index is 0. The molecular weight excluding hydrogens is 237 g/mol. The Morgan fingerprint density at radius 2 is 1.05 bits per heavy atom. The molecule has 2 N–H and O–H groups in total. The first-order valence-corrected chi connectivity index (χ1v) is 8.27. The minimum Gasteiger partial charge on any atom is -0.330 e. The molecule has 0 aliphatic carbocycles. The first kappa shape index (κ1) is 20.9. The average Bonchev–Trinajstić information content (AvgIpc) is 2.39. The van der Waals surface area contributed by atoms with Crippen LogP contribution in [0, 0.1) is 0 Å². The summed E-state index contributed by atoms with van der Waals surface area (Å²) >= 11 is 0. The van der Waals surface area contributed by atoms with Crippen molar-refractivity contribution in [3.8, 4) is 0 Å². The molecule has 0 aromatic rings.